The van der Waals surface area contributed by atoms with E-state index in [1.54, 1.807) is 7.11 Å². The standard InChI is InChI=1S/C23H22BrNO2/c1-16-8-7-11-21(17(16)2)25-14-19-12-20(24)23(22(13-19)26-3)27-15-18-9-5-4-6-10-18/h4-14H,15H2,1-3H3. The zero-order chi connectivity index (χ0) is 19.2. The number of hydrogen-bond acceptors (Lipinski definition) is 3. The van der Waals surface area contributed by atoms with E-state index in [1.165, 1.54) is 11.1 Å². The molecule has 0 saturated heterocycles. The molecular weight excluding hydrogens is 402 g/mol. The lowest BCUT2D eigenvalue weighted by molar-refractivity contribution is 0.282. The van der Waals surface area contributed by atoms with Gasteiger partial charge in [0.2, 0.25) is 0 Å². The Bertz CT molecular complexity index is 952. The molecule has 0 aromatic heterocycles. The van der Waals surface area contributed by atoms with E-state index in [-0.39, 0.29) is 0 Å². The van der Waals surface area contributed by atoms with Crippen LogP contribution in [0.2, 0.25) is 0 Å². The second-order valence-electron chi connectivity index (χ2n) is 6.29. The van der Waals surface area contributed by atoms with Crippen molar-refractivity contribution in [2.75, 3.05) is 7.11 Å². The van der Waals surface area contributed by atoms with Crippen LogP contribution in [0.3, 0.4) is 0 Å². The zero-order valence-electron chi connectivity index (χ0n) is 15.7. The molecule has 138 valence electrons. The summed E-state index contributed by atoms with van der Waals surface area (Å²) < 4.78 is 12.3. The Labute approximate surface area is 168 Å². The lowest BCUT2D eigenvalue weighted by Gasteiger charge is -2.13. The summed E-state index contributed by atoms with van der Waals surface area (Å²) in [4.78, 5) is 4.63. The number of hydrogen-bond donors (Lipinski definition) is 0. The highest BCUT2D eigenvalue weighted by Gasteiger charge is 2.11. The number of aliphatic imine (C=N–C) groups is 1. The normalized spacial score (nSPS) is 11.0. The Morgan fingerprint density at radius 3 is 2.52 bits per heavy atom. The molecule has 0 saturated carbocycles. The molecule has 0 atom stereocenters. The fraction of sp³-hybridized carbons (Fsp3) is 0.174. The summed E-state index contributed by atoms with van der Waals surface area (Å²) in [6.45, 7) is 4.65. The van der Waals surface area contributed by atoms with Crippen LogP contribution in [0.25, 0.3) is 0 Å². The zero-order valence-corrected chi connectivity index (χ0v) is 17.3. The summed E-state index contributed by atoms with van der Waals surface area (Å²) in [6.07, 6.45) is 1.84. The van der Waals surface area contributed by atoms with Crippen LogP contribution in [-0.4, -0.2) is 13.3 Å². The summed E-state index contributed by atoms with van der Waals surface area (Å²) in [5.74, 6) is 1.35. The molecule has 0 fully saturated rings. The second kappa shape index (κ2) is 8.87. The number of aryl methyl sites for hydroxylation is 1. The van der Waals surface area contributed by atoms with E-state index in [4.69, 9.17) is 9.47 Å². The summed E-state index contributed by atoms with van der Waals surface area (Å²) in [5, 5.41) is 0. The molecule has 0 radical (unpaired) electrons. The third-order valence-corrected chi connectivity index (χ3v) is 5.00. The number of nitrogens with zero attached hydrogens (tertiary/aromatic N) is 1. The van der Waals surface area contributed by atoms with Crippen molar-refractivity contribution < 1.29 is 9.47 Å². The van der Waals surface area contributed by atoms with Gasteiger partial charge in [-0.2, -0.15) is 0 Å². The Morgan fingerprint density at radius 2 is 1.78 bits per heavy atom. The predicted molar refractivity (Wildman–Crippen MR) is 115 cm³/mol. The van der Waals surface area contributed by atoms with E-state index < -0.39 is 0 Å². The highest BCUT2D eigenvalue weighted by molar-refractivity contribution is 9.10. The summed E-state index contributed by atoms with van der Waals surface area (Å²) >= 11 is 3.60. The highest BCUT2D eigenvalue weighted by Crippen LogP contribution is 2.37. The Hall–Kier alpha value is -2.59. The van der Waals surface area contributed by atoms with E-state index in [9.17, 15) is 0 Å². The SMILES string of the molecule is COc1cc(C=Nc2cccc(C)c2C)cc(Br)c1OCc1ccccc1. The molecule has 0 aliphatic carbocycles. The summed E-state index contributed by atoms with van der Waals surface area (Å²) in [6, 6.07) is 20.1. The van der Waals surface area contributed by atoms with Gasteiger partial charge in [0.05, 0.1) is 17.3 Å². The predicted octanol–water partition coefficient (Wildman–Crippen LogP) is 6.40. The molecule has 0 aliphatic heterocycles. The number of halogens is 1. The monoisotopic (exact) mass is 423 g/mol. The number of rotatable bonds is 6. The molecule has 3 aromatic carbocycles. The third-order valence-electron chi connectivity index (χ3n) is 4.41. The molecule has 0 bridgehead atoms. The average Bonchev–Trinajstić information content (AvgIpc) is 2.68. The maximum Gasteiger partial charge on any atom is 0.175 e. The van der Waals surface area contributed by atoms with Crippen LogP contribution in [0, 0.1) is 13.8 Å². The van der Waals surface area contributed by atoms with Gasteiger partial charge >= 0.3 is 0 Å². The van der Waals surface area contributed by atoms with E-state index in [0.717, 1.165) is 21.3 Å². The number of methoxy groups -OCH3 is 1. The number of ether oxygens (including phenoxy) is 2. The topological polar surface area (TPSA) is 30.8 Å². The highest BCUT2D eigenvalue weighted by atomic mass is 79.9. The summed E-state index contributed by atoms with van der Waals surface area (Å²) in [7, 11) is 1.64. The van der Waals surface area contributed by atoms with Crippen LogP contribution in [0.15, 0.2) is 70.1 Å². The van der Waals surface area contributed by atoms with Crippen LogP contribution in [0.1, 0.15) is 22.3 Å². The smallest absolute Gasteiger partial charge is 0.175 e. The molecule has 3 nitrogen and oxygen atoms in total. The van der Waals surface area contributed by atoms with Gasteiger partial charge in [0.1, 0.15) is 6.61 Å². The molecular formula is C23H22BrNO2. The quantitative estimate of drug-likeness (QED) is 0.429. The molecule has 4 heteroatoms. The van der Waals surface area contributed by atoms with Crippen molar-refractivity contribution in [1.82, 2.24) is 0 Å². The minimum absolute atomic E-state index is 0.478. The van der Waals surface area contributed by atoms with Crippen LogP contribution >= 0.6 is 15.9 Å². The van der Waals surface area contributed by atoms with Gasteiger partial charge in [0, 0.05) is 6.21 Å². The fourth-order valence-electron chi connectivity index (χ4n) is 2.70. The van der Waals surface area contributed by atoms with Gasteiger partial charge in [-0.3, -0.25) is 4.99 Å². The Balaban J connectivity index is 1.83. The Kier molecular flexibility index (Phi) is 6.30. The van der Waals surface area contributed by atoms with Gasteiger partial charge < -0.3 is 9.47 Å². The second-order valence-corrected chi connectivity index (χ2v) is 7.14. The van der Waals surface area contributed by atoms with Crippen LogP contribution in [-0.2, 0) is 6.61 Å². The lowest BCUT2D eigenvalue weighted by Crippen LogP contribution is -1.99. The first kappa shape index (κ1) is 19.2. The first-order chi connectivity index (χ1) is 13.1. The van der Waals surface area contributed by atoms with Crippen molar-refractivity contribution in [1.29, 1.82) is 0 Å². The minimum Gasteiger partial charge on any atom is -0.493 e. The van der Waals surface area contributed by atoms with Crippen LogP contribution < -0.4 is 9.47 Å². The van der Waals surface area contributed by atoms with Gasteiger partial charge in [-0.25, -0.2) is 0 Å². The summed E-state index contributed by atoms with van der Waals surface area (Å²) in [5.41, 5.74) is 5.42. The first-order valence-corrected chi connectivity index (χ1v) is 9.52. The maximum absolute atomic E-state index is 5.98. The molecule has 27 heavy (non-hydrogen) atoms. The van der Waals surface area contributed by atoms with Gasteiger partial charge in [0.15, 0.2) is 11.5 Å². The van der Waals surface area contributed by atoms with Crippen LogP contribution in [0.5, 0.6) is 11.5 Å². The van der Waals surface area contributed by atoms with E-state index in [2.05, 4.69) is 40.8 Å². The third kappa shape index (κ3) is 4.77. The first-order valence-electron chi connectivity index (χ1n) is 8.73. The van der Waals surface area contributed by atoms with Crippen molar-refractivity contribution in [2.45, 2.75) is 20.5 Å². The van der Waals surface area contributed by atoms with Crippen molar-refractivity contribution in [3.8, 4) is 11.5 Å². The number of benzene rings is 3. The van der Waals surface area contributed by atoms with E-state index in [1.807, 2.05) is 60.8 Å². The largest absolute Gasteiger partial charge is 0.493 e. The molecule has 3 aromatic rings. The molecule has 0 heterocycles. The Morgan fingerprint density at radius 1 is 1.00 bits per heavy atom. The molecule has 3 rings (SSSR count). The molecule has 0 unspecified atom stereocenters. The van der Waals surface area contributed by atoms with Crippen LogP contribution in [0.4, 0.5) is 5.69 Å². The van der Waals surface area contributed by atoms with Crippen molar-refractivity contribution in [3.63, 3.8) is 0 Å². The van der Waals surface area contributed by atoms with Gasteiger partial charge in [-0.05, 0) is 70.2 Å². The van der Waals surface area contributed by atoms with Crippen molar-refractivity contribution in [3.05, 3.63) is 87.4 Å². The minimum atomic E-state index is 0.478. The molecule has 0 spiro atoms. The van der Waals surface area contributed by atoms with E-state index in [0.29, 0.717) is 18.1 Å². The van der Waals surface area contributed by atoms with E-state index >= 15 is 0 Å². The maximum atomic E-state index is 5.98. The molecule has 0 aliphatic rings. The van der Waals surface area contributed by atoms with Crippen molar-refractivity contribution in [2.24, 2.45) is 4.99 Å². The molecule has 0 amide bonds. The average molecular weight is 424 g/mol. The van der Waals surface area contributed by atoms with Crippen molar-refractivity contribution >= 4 is 27.8 Å². The fourth-order valence-corrected chi connectivity index (χ4v) is 3.28. The van der Waals surface area contributed by atoms with Gasteiger partial charge in [-0.15, -0.1) is 0 Å². The van der Waals surface area contributed by atoms with Gasteiger partial charge in [-0.1, -0.05) is 42.5 Å². The molecule has 0 N–H and O–H groups in total. The van der Waals surface area contributed by atoms with Gasteiger partial charge in [0.25, 0.3) is 0 Å². The lowest BCUT2D eigenvalue weighted by atomic mass is 10.1.